The summed E-state index contributed by atoms with van der Waals surface area (Å²) in [6.45, 7) is 3.52. The number of amides is 3. The van der Waals surface area contributed by atoms with Crippen molar-refractivity contribution in [1.82, 2.24) is 4.57 Å². The standard InChI is InChI=1S/C34H31N3O8S2/c1-5-45-33(41)19-10-13-21(14-11-19)37-30(39)27-26(20-12-15-23(43-3)24(16-20)44-4)29-32(46-28(27)31(37)40)36(34(42)47-29)17-25(38)35-22-9-7-6-8-18(22)2/h6-16,26-28H,5,17H2,1-4H3,(H,35,38)/t26-,27?,28?/m1/s1. The topological polar surface area (TPSA) is 133 Å². The number of carbonyl (C=O) groups excluding carboxylic acids is 4. The van der Waals surface area contributed by atoms with Crippen LogP contribution in [0.25, 0.3) is 0 Å². The Labute approximate surface area is 278 Å². The molecule has 242 valence electrons. The number of benzene rings is 3. The second kappa shape index (κ2) is 13.1. The van der Waals surface area contributed by atoms with Crippen molar-refractivity contribution < 1.29 is 33.4 Å². The van der Waals surface area contributed by atoms with Crippen molar-refractivity contribution in [1.29, 1.82) is 0 Å². The highest BCUT2D eigenvalue weighted by atomic mass is 32.2. The number of fused-ring (bicyclic) bond motifs is 2. The van der Waals surface area contributed by atoms with Gasteiger partial charge in [0.15, 0.2) is 11.5 Å². The summed E-state index contributed by atoms with van der Waals surface area (Å²) in [5.41, 5.74) is 2.76. The first-order chi connectivity index (χ1) is 22.7. The number of methoxy groups -OCH3 is 2. The average Bonchev–Trinajstić information content (AvgIpc) is 3.51. The van der Waals surface area contributed by atoms with Crippen LogP contribution in [0.1, 0.15) is 39.2 Å². The van der Waals surface area contributed by atoms with Crippen molar-refractivity contribution in [2.45, 2.75) is 36.6 Å². The van der Waals surface area contributed by atoms with E-state index in [1.807, 2.05) is 25.1 Å². The Morgan fingerprint density at radius 3 is 2.32 bits per heavy atom. The third kappa shape index (κ3) is 5.80. The van der Waals surface area contributed by atoms with E-state index in [4.69, 9.17) is 14.2 Å². The second-order valence-corrected chi connectivity index (χ2v) is 13.0. The van der Waals surface area contributed by atoms with Gasteiger partial charge < -0.3 is 19.5 Å². The minimum atomic E-state index is -0.891. The zero-order chi connectivity index (χ0) is 33.4. The van der Waals surface area contributed by atoms with Crippen LogP contribution in [0.5, 0.6) is 11.5 Å². The Balaban J connectivity index is 1.41. The van der Waals surface area contributed by atoms with Gasteiger partial charge in [-0.2, -0.15) is 0 Å². The van der Waals surface area contributed by atoms with Gasteiger partial charge in [0, 0.05) is 16.5 Å². The Morgan fingerprint density at radius 2 is 1.64 bits per heavy atom. The van der Waals surface area contributed by atoms with Crippen molar-refractivity contribution in [2.24, 2.45) is 5.92 Å². The third-order valence-electron chi connectivity index (χ3n) is 8.17. The van der Waals surface area contributed by atoms with Gasteiger partial charge in [0.05, 0.1) is 43.0 Å². The van der Waals surface area contributed by atoms with E-state index >= 15 is 0 Å². The van der Waals surface area contributed by atoms with E-state index in [1.54, 1.807) is 31.2 Å². The summed E-state index contributed by atoms with van der Waals surface area (Å²) in [6, 6.07) is 18.7. The number of carbonyl (C=O) groups is 4. The van der Waals surface area contributed by atoms with Gasteiger partial charge in [-0.25, -0.2) is 9.69 Å². The highest BCUT2D eigenvalue weighted by molar-refractivity contribution is 8.00. The minimum absolute atomic E-state index is 0.213. The van der Waals surface area contributed by atoms with Gasteiger partial charge in [-0.05, 0) is 67.4 Å². The van der Waals surface area contributed by atoms with E-state index in [9.17, 15) is 24.0 Å². The maximum Gasteiger partial charge on any atom is 0.338 e. The first-order valence-electron chi connectivity index (χ1n) is 14.8. The normalized spacial score (nSPS) is 18.4. The molecule has 2 unspecified atom stereocenters. The van der Waals surface area contributed by atoms with Crippen LogP contribution in [0.3, 0.4) is 0 Å². The van der Waals surface area contributed by atoms with E-state index in [1.165, 1.54) is 43.1 Å². The van der Waals surface area contributed by atoms with E-state index in [-0.39, 0.29) is 18.0 Å². The number of anilines is 2. The maximum atomic E-state index is 14.2. The van der Waals surface area contributed by atoms with Gasteiger partial charge in [-0.15, -0.1) is 0 Å². The molecule has 11 nitrogen and oxygen atoms in total. The molecule has 1 fully saturated rings. The molecule has 0 saturated carbocycles. The summed E-state index contributed by atoms with van der Waals surface area (Å²) in [4.78, 5) is 68.6. The van der Waals surface area contributed by atoms with Gasteiger partial charge in [0.2, 0.25) is 17.7 Å². The zero-order valence-corrected chi connectivity index (χ0v) is 27.6. The number of ether oxygens (including phenoxy) is 3. The van der Waals surface area contributed by atoms with Crippen molar-refractivity contribution >= 4 is 58.2 Å². The molecular formula is C34H31N3O8S2. The molecule has 6 rings (SSSR count). The molecule has 0 aliphatic carbocycles. The van der Waals surface area contributed by atoms with Gasteiger partial charge >= 0.3 is 10.8 Å². The number of aryl methyl sites for hydroxylation is 1. The third-order valence-corrected chi connectivity index (χ3v) is 10.8. The summed E-state index contributed by atoms with van der Waals surface area (Å²) in [5.74, 6) is -2.46. The van der Waals surface area contributed by atoms with Crippen LogP contribution in [0.2, 0.25) is 0 Å². The van der Waals surface area contributed by atoms with E-state index < -0.39 is 40.8 Å². The molecular weight excluding hydrogens is 643 g/mol. The molecule has 0 spiro atoms. The zero-order valence-electron chi connectivity index (χ0n) is 26.0. The van der Waals surface area contributed by atoms with Crippen LogP contribution < -0.4 is 24.6 Å². The van der Waals surface area contributed by atoms with E-state index in [0.717, 1.165) is 33.6 Å². The lowest BCUT2D eigenvalue weighted by Gasteiger charge is -2.31. The number of para-hydroxylation sites is 1. The first-order valence-corrected chi connectivity index (χ1v) is 16.5. The summed E-state index contributed by atoms with van der Waals surface area (Å²) in [5, 5.41) is 2.44. The summed E-state index contributed by atoms with van der Waals surface area (Å²) in [7, 11) is 3.02. The van der Waals surface area contributed by atoms with Crippen LogP contribution >= 0.6 is 23.1 Å². The Morgan fingerprint density at radius 1 is 0.915 bits per heavy atom. The Bertz CT molecular complexity index is 1950. The predicted octanol–water partition coefficient (Wildman–Crippen LogP) is 4.85. The predicted molar refractivity (Wildman–Crippen MR) is 178 cm³/mol. The monoisotopic (exact) mass is 673 g/mol. The summed E-state index contributed by atoms with van der Waals surface area (Å²) in [6.07, 6.45) is 0. The van der Waals surface area contributed by atoms with E-state index in [0.29, 0.717) is 43.9 Å². The molecule has 1 saturated heterocycles. The fourth-order valence-corrected chi connectivity index (χ4v) is 8.70. The molecule has 0 radical (unpaired) electrons. The smallest absolute Gasteiger partial charge is 0.338 e. The van der Waals surface area contributed by atoms with Crippen molar-refractivity contribution in [3.8, 4) is 11.5 Å². The quantitative estimate of drug-likeness (QED) is 0.196. The largest absolute Gasteiger partial charge is 0.493 e. The second-order valence-electron chi connectivity index (χ2n) is 10.9. The number of nitrogens with zero attached hydrogens (tertiary/aromatic N) is 2. The molecule has 3 aromatic carbocycles. The molecule has 47 heavy (non-hydrogen) atoms. The van der Waals surface area contributed by atoms with Crippen molar-refractivity contribution in [3.63, 3.8) is 0 Å². The number of hydrogen-bond acceptors (Lipinski definition) is 10. The molecule has 0 bridgehead atoms. The van der Waals surface area contributed by atoms with Gasteiger partial charge in [-0.1, -0.05) is 47.4 Å². The highest BCUT2D eigenvalue weighted by Gasteiger charge is 2.57. The lowest BCUT2D eigenvalue weighted by atomic mass is 9.83. The number of hydrogen-bond donors (Lipinski definition) is 1. The number of thiazole rings is 1. The number of nitrogens with one attached hydrogen (secondary N) is 1. The van der Waals surface area contributed by atoms with Gasteiger partial charge in [0.25, 0.3) is 0 Å². The van der Waals surface area contributed by atoms with Crippen molar-refractivity contribution in [2.75, 3.05) is 31.0 Å². The van der Waals surface area contributed by atoms with Crippen LogP contribution in [0, 0.1) is 12.8 Å². The van der Waals surface area contributed by atoms with Crippen LogP contribution in [0.15, 0.2) is 76.6 Å². The number of rotatable bonds is 9. The van der Waals surface area contributed by atoms with Gasteiger partial charge in [-0.3, -0.25) is 23.7 Å². The number of esters is 1. The molecule has 2 aliphatic heterocycles. The fourth-order valence-electron chi connectivity index (χ4n) is 5.92. The summed E-state index contributed by atoms with van der Waals surface area (Å²) < 4.78 is 17.4. The van der Waals surface area contributed by atoms with Crippen molar-refractivity contribution in [3.05, 3.63) is 98.0 Å². The number of thioether (sulfide) groups is 1. The molecule has 3 atom stereocenters. The average molecular weight is 674 g/mol. The SMILES string of the molecule is CCOC(=O)c1ccc(N2C(=O)C3Sc4c(sc(=O)n4CC(=O)Nc4ccccc4C)[C@H](c4ccc(OC)c(OC)c4)C3C2=O)cc1. The van der Waals surface area contributed by atoms with Crippen LogP contribution in [-0.2, 0) is 25.7 Å². The first kappa shape index (κ1) is 32.1. The molecule has 3 amide bonds. The van der Waals surface area contributed by atoms with Crippen LogP contribution in [-0.4, -0.2) is 54.3 Å². The van der Waals surface area contributed by atoms with Gasteiger partial charge in [0.1, 0.15) is 11.8 Å². The van der Waals surface area contributed by atoms with Crippen LogP contribution in [0.4, 0.5) is 11.4 Å². The Kier molecular flexibility index (Phi) is 8.93. The highest BCUT2D eigenvalue weighted by Crippen LogP contribution is 2.54. The maximum absolute atomic E-state index is 14.2. The molecule has 4 aromatic rings. The lowest BCUT2D eigenvalue weighted by Crippen LogP contribution is -2.33. The number of aromatic nitrogens is 1. The minimum Gasteiger partial charge on any atom is -0.493 e. The molecule has 2 aliphatic rings. The number of imide groups is 1. The molecule has 13 heteroatoms. The van der Waals surface area contributed by atoms with E-state index in [2.05, 4.69) is 5.32 Å². The molecule has 3 heterocycles. The molecule has 1 aromatic heterocycles. The fraction of sp³-hybridized carbons (Fsp3) is 0.265. The Hall–Kier alpha value is -4.88. The lowest BCUT2D eigenvalue weighted by molar-refractivity contribution is -0.122. The molecule has 1 N–H and O–H groups in total. The summed E-state index contributed by atoms with van der Waals surface area (Å²) >= 11 is 2.07.